The van der Waals surface area contributed by atoms with Gasteiger partial charge in [0.25, 0.3) is 0 Å². The lowest BCUT2D eigenvalue weighted by Crippen LogP contribution is -2.49. The molecule has 0 radical (unpaired) electrons. The molecule has 27 heavy (non-hydrogen) atoms. The summed E-state index contributed by atoms with van der Waals surface area (Å²) in [6.45, 7) is 5.26. The molecule has 2 heterocycles. The molecule has 0 N–H and O–H groups in total. The molecular weight excluding hydrogens is 365 g/mol. The van der Waals surface area contributed by atoms with E-state index in [-0.39, 0.29) is 17.5 Å². The maximum atomic E-state index is 13.8. The number of carbonyl (C=O) groups excluding carboxylic acids is 1. The van der Waals surface area contributed by atoms with E-state index in [9.17, 15) is 9.18 Å². The normalized spacial score (nSPS) is 15.7. The van der Waals surface area contributed by atoms with Crippen LogP contribution < -0.4 is 4.74 Å². The van der Waals surface area contributed by atoms with Crippen LogP contribution in [0.2, 0.25) is 0 Å². The van der Waals surface area contributed by atoms with Gasteiger partial charge in [-0.25, -0.2) is 4.39 Å². The highest BCUT2D eigenvalue weighted by atomic mass is 32.1. The summed E-state index contributed by atoms with van der Waals surface area (Å²) in [6, 6.07) is 9.16. The monoisotopic (exact) mass is 391 g/mol. The second-order valence-corrected chi connectivity index (χ2v) is 7.88. The number of ether oxygens (including phenoxy) is 1. The molecule has 0 aliphatic carbocycles. The molecule has 3 rings (SSSR count). The van der Waals surface area contributed by atoms with Crippen molar-refractivity contribution in [3.63, 3.8) is 0 Å². The summed E-state index contributed by atoms with van der Waals surface area (Å²) < 4.78 is 18.8. The van der Waals surface area contributed by atoms with E-state index in [2.05, 4.69) is 15.9 Å². The number of methoxy groups -OCH3 is 1. The Labute approximate surface area is 163 Å². The molecule has 1 aliphatic heterocycles. The van der Waals surface area contributed by atoms with Gasteiger partial charge in [-0.1, -0.05) is 12.1 Å². The number of halogens is 1. The topological polar surface area (TPSA) is 36.0 Å². The maximum Gasteiger partial charge on any atom is 0.236 e. The Morgan fingerprint density at radius 1 is 1.22 bits per heavy atom. The summed E-state index contributed by atoms with van der Waals surface area (Å²) in [7, 11) is 3.33. The van der Waals surface area contributed by atoms with Crippen LogP contribution in [-0.4, -0.2) is 67.5 Å². The number of carbonyl (C=O) groups is 1. The van der Waals surface area contributed by atoms with Crippen LogP contribution in [-0.2, 0) is 17.9 Å². The number of nitrogens with zero attached hydrogens (tertiary/aromatic N) is 3. The number of piperazine rings is 1. The van der Waals surface area contributed by atoms with E-state index in [1.165, 1.54) is 18.1 Å². The fraction of sp³-hybridized carbons (Fsp3) is 0.450. The molecule has 1 fully saturated rings. The first-order chi connectivity index (χ1) is 13.0. The van der Waals surface area contributed by atoms with Crippen LogP contribution in [0.1, 0.15) is 10.4 Å². The van der Waals surface area contributed by atoms with E-state index < -0.39 is 0 Å². The van der Waals surface area contributed by atoms with E-state index in [1.807, 2.05) is 24.6 Å². The van der Waals surface area contributed by atoms with Crippen LogP contribution in [0.5, 0.6) is 5.75 Å². The summed E-state index contributed by atoms with van der Waals surface area (Å²) >= 11 is 1.67. The van der Waals surface area contributed by atoms with Crippen LogP contribution in [0.25, 0.3) is 0 Å². The van der Waals surface area contributed by atoms with Crippen molar-refractivity contribution in [1.82, 2.24) is 14.7 Å². The molecule has 7 heteroatoms. The Balaban J connectivity index is 1.43. The number of amides is 1. The molecule has 1 aliphatic rings. The Hall–Kier alpha value is -1.96. The first-order valence-corrected chi connectivity index (χ1v) is 9.96. The van der Waals surface area contributed by atoms with Crippen molar-refractivity contribution in [2.24, 2.45) is 0 Å². The molecule has 146 valence electrons. The van der Waals surface area contributed by atoms with Crippen molar-refractivity contribution in [2.45, 2.75) is 13.1 Å². The average Bonchev–Trinajstić information content (AvgIpc) is 3.16. The van der Waals surface area contributed by atoms with Gasteiger partial charge in [0.2, 0.25) is 5.91 Å². The lowest BCUT2D eigenvalue weighted by Gasteiger charge is -2.35. The molecule has 0 spiro atoms. The molecule has 1 aromatic heterocycles. The zero-order valence-electron chi connectivity index (χ0n) is 15.9. The predicted molar refractivity (Wildman–Crippen MR) is 105 cm³/mol. The SMILES string of the molecule is COc1ccc(CN2CCN(CC(=O)N(C)Cc3cccs3)CC2)cc1F. The highest BCUT2D eigenvalue weighted by Crippen LogP contribution is 2.19. The van der Waals surface area contributed by atoms with Gasteiger partial charge in [0.15, 0.2) is 11.6 Å². The molecule has 2 aromatic rings. The van der Waals surface area contributed by atoms with Crippen LogP contribution in [0, 0.1) is 5.82 Å². The van der Waals surface area contributed by atoms with Crippen molar-refractivity contribution >= 4 is 17.2 Å². The van der Waals surface area contributed by atoms with Crippen LogP contribution in [0.15, 0.2) is 35.7 Å². The summed E-state index contributed by atoms with van der Waals surface area (Å²) in [6.07, 6.45) is 0. The third-order valence-corrected chi connectivity index (χ3v) is 5.71. The average molecular weight is 392 g/mol. The number of thiophene rings is 1. The first kappa shape index (κ1) is 19.8. The quantitative estimate of drug-likeness (QED) is 0.727. The Bertz CT molecular complexity index is 746. The van der Waals surface area contributed by atoms with Gasteiger partial charge in [0.1, 0.15) is 0 Å². The fourth-order valence-electron chi connectivity index (χ4n) is 3.21. The first-order valence-electron chi connectivity index (χ1n) is 9.08. The number of likely N-dealkylation sites (N-methyl/N-ethyl adjacent to an activating group) is 1. The Kier molecular flexibility index (Phi) is 6.82. The van der Waals surface area contributed by atoms with Gasteiger partial charge in [-0.15, -0.1) is 11.3 Å². The predicted octanol–water partition coefficient (Wildman–Crippen LogP) is 2.67. The molecule has 1 aromatic carbocycles. The highest BCUT2D eigenvalue weighted by molar-refractivity contribution is 7.09. The summed E-state index contributed by atoms with van der Waals surface area (Å²) in [5, 5.41) is 2.03. The summed E-state index contributed by atoms with van der Waals surface area (Å²) in [4.78, 5) is 19.9. The minimum atomic E-state index is -0.326. The molecular formula is C20H26FN3O2S. The van der Waals surface area contributed by atoms with Crippen LogP contribution >= 0.6 is 11.3 Å². The maximum absolute atomic E-state index is 13.8. The number of hydrogen-bond acceptors (Lipinski definition) is 5. The van der Waals surface area contributed by atoms with E-state index in [0.717, 1.165) is 31.7 Å². The van der Waals surface area contributed by atoms with Gasteiger partial charge in [0.05, 0.1) is 20.2 Å². The van der Waals surface area contributed by atoms with Gasteiger partial charge in [-0.2, -0.15) is 0 Å². The molecule has 0 bridgehead atoms. The van der Waals surface area contributed by atoms with E-state index >= 15 is 0 Å². The largest absolute Gasteiger partial charge is 0.494 e. The third-order valence-electron chi connectivity index (χ3n) is 4.85. The molecule has 1 saturated heterocycles. The van der Waals surface area contributed by atoms with E-state index in [1.54, 1.807) is 22.3 Å². The molecule has 1 amide bonds. The fourth-order valence-corrected chi connectivity index (χ4v) is 3.97. The lowest BCUT2D eigenvalue weighted by atomic mass is 10.2. The minimum Gasteiger partial charge on any atom is -0.494 e. The zero-order valence-corrected chi connectivity index (χ0v) is 16.7. The zero-order chi connectivity index (χ0) is 19.2. The Morgan fingerprint density at radius 2 is 1.96 bits per heavy atom. The van der Waals surface area contributed by atoms with Crippen molar-refractivity contribution in [3.05, 3.63) is 52.0 Å². The van der Waals surface area contributed by atoms with Crippen molar-refractivity contribution in [1.29, 1.82) is 0 Å². The highest BCUT2D eigenvalue weighted by Gasteiger charge is 2.21. The number of benzene rings is 1. The Morgan fingerprint density at radius 3 is 2.59 bits per heavy atom. The van der Waals surface area contributed by atoms with Crippen molar-refractivity contribution in [2.75, 3.05) is 46.9 Å². The van der Waals surface area contributed by atoms with Crippen molar-refractivity contribution in [3.8, 4) is 5.75 Å². The van der Waals surface area contributed by atoms with Crippen molar-refractivity contribution < 1.29 is 13.9 Å². The molecule has 0 atom stereocenters. The molecule has 0 unspecified atom stereocenters. The summed E-state index contributed by atoms with van der Waals surface area (Å²) in [5.41, 5.74) is 0.938. The molecule has 5 nitrogen and oxygen atoms in total. The smallest absolute Gasteiger partial charge is 0.236 e. The number of rotatable bonds is 7. The van der Waals surface area contributed by atoms with E-state index in [0.29, 0.717) is 19.6 Å². The number of hydrogen-bond donors (Lipinski definition) is 0. The minimum absolute atomic E-state index is 0.147. The summed E-state index contributed by atoms with van der Waals surface area (Å²) in [5.74, 6) is 0.0934. The van der Waals surface area contributed by atoms with Gasteiger partial charge in [0, 0.05) is 44.6 Å². The third kappa shape index (κ3) is 5.51. The van der Waals surface area contributed by atoms with Gasteiger partial charge in [-0.05, 0) is 29.1 Å². The second-order valence-electron chi connectivity index (χ2n) is 6.85. The second kappa shape index (κ2) is 9.30. The van der Waals surface area contributed by atoms with Gasteiger partial charge < -0.3 is 9.64 Å². The van der Waals surface area contributed by atoms with Crippen LogP contribution in [0.4, 0.5) is 4.39 Å². The molecule has 0 saturated carbocycles. The van der Waals surface area contributed by atoms with E-state index in [4.69, 9.17) is 4.74 Å². The lowest BCUT2D eigenvalue weighted by molar-refractivity contribution is -0.132. The standard InChI is InChI=1S/C20H26FN3O2S/c1-22(14-17-4-3-11-27-17)20(25)15-24-9-7-23(8-10-24)13-16-5-6-19(26-2)18(21)12-16/h3-6,11-12H,7-10,13-15H2,1-2H3. The van der Waals surface area contributed by atoms with Crippen LogP contribution in [0.3, 0.4) is 0 Å². The van der Waals surface area contributed by atoms with Gasteiger partial charge >= 0.3 is 0 Å². The van der Waals surface area contributed by atoms with Gasteiger partial charge in [-0.3, -0.25) is 14.6 Å².